The zero-order chi connectivity index (χ0) is 11.8. The van der Waals surface area contributed by atoms with E-state index in [1.54, 1.807) is 0 Å². The second-order valence-electron chi connectivity index (χ2n) is 4.75. The van der Waals surface area contributed by atoms with Crippen LogP contribution in [0, 0.1) is 0 Å². The first-order valence-electron chi connectivity index (χ1n) is 6.21. The fourth-order valence-electron chi connectivity index (χ4n) is 2.69. The lowest BCUT2D eigenvalue weighted by Gasteiger charge is -2.34. The van der Waals surface area contributed by atoms with Gasteiger partial charge >= 0.3 is 0 Å². The first-order chi connectivity index (χ1) is 8.27. The number of benzene rings is 1. The van der Waals surface area contributed by atoms with Crippen LogP contribution < -0.4 is 5.73 Å². The van der Waals surface area contributed by atoms with Crippen molar-refractivity contribution in [1.82, 2.24) is 10.0 Å². The lowest BCUT2D eigenvalue weighted by Crippen LogP contribution is -2.45. The zero-order valence-corrected chi connectivity index (χ0v) is 9.85. The molecule has 3 rings (SSSR count). The molecule has 0 saturated carbocycles. The fourth-order valence-corrected chi connectivity index (χ4v) is 2.69. The Balaban J connectivity index is 1.88. The highest BCUT2D eigenvalue weighted by atomic mass is 16.2. The molecule has 0 atom stereocenters. The molecule has 4 heteroatoms. The number of hydrogen-bond acceptors (Lipinski definition) is 3. The topological polar surface area (TPSA) is 49.6 Å². The molecule has 90 valence electrons. The summed E-state index contributed by atoms with van der Waals surface area (Å²) in [5.41, 5.74) is 8.42. The van der Waals surface area contributed by atoms with Gasteiger partial charge in [0.15, 0.2) is 0 Å². The second-order valence-corrected chi connectivity index (χ2v) is 4.75. The highest BCUT2D eigenvalue weighted by Gasteiger charge is 2.33. The molecule has 1 amide bonds. The van der Waals surface area contributed by atoms with E-state index in [0.29, 0.717) is 6.54 Å². The second kappa shape index (κ2) is 4.04. The lowest BCUT2D eigenvalue weighted by atomic mass is 10.1. The minimum atomic E-state index is 0.106. The van der Waals surface area contributed by atoms with Crippen LogP contribution >= 0.6 is 0 Å². The van der Waals surface area contributed by atoms with Crippen LogP contribution in [0.4, 0.5) is 5.69 Å². The highest BCUT2D eigenvalue weighted by molar-refractivity contribution is 5.99. The van der Waals surface area contributed by atoms with Crippen molar-refractivity contribution < 1.29 is 4.79 Å². The van der Waals surface area contributed by atoms with E-state index in [1.165, 1.54) is 19.3 Å². The Kier molecular flexibility index (Phi) is 2.52. The molecular formula is C13H17N3O. The number of amides is 1. The van der Waals surface area contributed by atoms with Crippen LogP contribution in [-0.2, 0) is 6.54 Å². The number of rotatable bonds is 1. The Hall–Kier alpha value is -1.55. The summed E-state index contributed by atoms with van der Waals surface area (Å²) in [7, 11) is 0. The quantitative estimate of drug-likeness (QED) is 0.747. The van der Waals surface area contributed by atoms with Gasteiger partial charge in [-0.2, -0.15) is 0 Å². The van der Waals surface area contributed by atoms with Crippen LogP contribution in [-0.4, -0.2) is 29.0 Å². The predicted octanol–water partition coefficient (Wildman–Crippen LogP) is 1.63. The summed E-state index contributed by atoms with van der Waals surface area (Å²) < 4.78 is 0. The smallest absolute Gasteiger partial charge is 0.268 e. The van der Waals surface area contributed by atoms with Crippen molar-refractivity contribution in [1.29, 1.82) is 0 Å². The van der Waals surface area contributed by atoms with Crippen LogP contribution in [0.15, 0.2) is 18.2 Å². The molecule has 1 aromatic rings. The summed E-state index contributed by atoms with van der Waals surface area (Å²) in [6, 6.07) is 5.59. The fraction of sp³-hybridized carbons (Fsp3) is 0.462. The number of carbonyl (C=O) groups is 1. The van der Waals surface area contributed by atoms with E-state index in [9.17, 15) is 4.79 Å². The van der Waals surface area contributed by atoms with Crippen molar-refractivity contribution >= 4 is 11.6 Å². The number of fused-ring (bicyclic) bond motifs is 1. The first kappa shape index (κ1) is 10.6. The van der Waals surface area contributed by atoms with Gasteiger partial charge in [-0.3, -0.25) is 9.80 Å². The summed E-state index contributed by atoms with van der Waals surface area (Å²) in [6.45, 7) is 2.61. The maximum absolute atomic E-state index is 12.3. The van der Waals surface area contributed by atoms with Gasteiger partial charge in [-0.05, 0) is 25.0 Å². The van der Waals surface area contributed by atoms with Gasteiger partial charge in [-0.1, -0.05) is 12.5 Å². The van der Waals surface area contributed by atoms with E-state index in [0.717, 1.165) is 29.9 Å². The molecule has 17 heavy (non-hydrogen) atoms. The van der Waals surface area contributed by atoms with Crippen molar-refractivity contribution in [3.05, 3.63) is 29.3 Å². The van der Waals surface area contributed by atoms with Gasteiger partial charge in [0.05, 0.1) is 6.54 Å². The number of hydrogen-bond donors (Lipinski definition) is 1. The SMILES string of the molecule is Nc1cccc2c1CN(N1CCCCC1)C2=O. The number of carbonyl (C=O) groups excluding carboxylic acids is 1. The van der Waals surface area contributed by atoms with Gasteiger partial charge in [0.1, 0.15) is 0 Å². The van der Waals surface area contributed by atoms with Crippen molar-refractivity contribution in [2.24, 2.45) is 0 Å². The number of nitrogens with zero attached hydrogens (tertiary/aromatic N) is 2. The molecule has 0 unspecified atom stereocenters. The third-order valence-electron chi connectivity index (χ3n) is 3.66. The third kappa shape index (κ3) is 1.69. The number of anilines is 1. The van der Waals surface area contributed by atoms with Crippen LogP contribution in [0.5, 0.6) is 0 Å². The van der Waals surface area contributed by atoms with E-state index in [2.05, 4.69) is 5.01 Å². The summed E-state index contributed by atoms with van der Waals surface area (Å²) in [4.78, 5) is 12.3. The number of nitrogens with two attached hydrogens (primary N) is 1. The molecule has 0 bridgehead atoms. The van der Waals surface area contributed by atoms with Crippen LogP contribution in [0.1, 0.15) is 35.2 Å². The van der Waals surface area contributed by atoms with Crippen LogP contribution in [0.25, 0.3) is 0 Å². The summed E-state index contributed by atoms with van der Waals surface area (Å²) in [5, 5.41) is 4.03. The van der Waals surface area contributed by atoms with Gasteiger partial charge in [0, 0.05) is 29.9 Å². The molecular weight excluding hydrogens is 214 g/mol. The molecule has 1 aromatic carbocycles. The van der Waals surface area contributed by atoms with E-state index >= 15 is 0 Å². The normalized spacial score (nSPS) is 20.7. The van der Waals surface area contributed by atoms with E-state index < -0.39 is 0 Å². The number of nitrogen functional groups attached to an aromatic ring is 1. The molecule has 1 fully saturated rings. The van der Waals surface area contributed by atoms with Crippen molar-refractivity contribution in [3.8, 4) is 0 Å². The molecule has 0 spiro atoms. The zero-order valence-electron chi connectivity index (χ0n) is 9.85. The van der Waals surface area contributed by atoms with E-state index in [4.69, 9.17) is 5.73 Å². The first-order valence-corrected chi connectivity index (χ1v) is 6.21. The predicted molar refractivity (Wildman–Crippen MR) is 66.2 cm³/mol. The Bertz CT molecular complexity index is 452. The molecule has 1 saturated heterocycles. The maximum Gasteiger partial charge on any atom is 0.268 e. The van der Waals surface area contributed by atoms with Gasteiger partial charge in [-0.25, -0.2) is 5.01 Å². The monoisotopic (exact) mass is 231 g/mol. The summed E-state index contributed by atoms with van der Waals surface area (Å²) in [6.07, 6.45) is 3.62. The van der Waals surface area contributed by atoms with E-state index in [1.807, 2.05) is 23.2 Å². The lowest BCUT2D eigenvalue weighted by molar-refractivity contribution is -0.0204. The van der Waals surface area contributed by atoms with Gasteiger partial charge in [-0.15, -0.1) is 0 Å². The molecule has 0 aromatic heterocycles. The average molecular weight is 231 g/mol. The minimum absolute atomic E-state index is 0.106. The third-order valence-corrected chi connectivity index (χ3v) is 3.66. The van der Waals surface area contributed by atoms with Gasteiger partial charge in [0.2, 0.25) is 0 Å². The Morgan fingerprint density at radius 2 is 1.88 bits per heavy atom. The summed E-state index contributed by atoms with van der Waals surface area (Å²) in [5.74, 6) is 0.106. The molecule has 4 nitrogen and oxygen atoms in total. The molecule has 2 aliphatic heterocycles. The molecule has 2 N–H and O–H groups in total. The number of piperidine rings is 1. The molecule has 2 heterocycles. The highest BCUT2D eigenvalue weighted by Crippen LogP contribution is 2.29. The van der Waals surface area contributed by atoms with Crippen LogP contribution in [0.3, 0.4) is 0 Å². The molecule has 0 radical (unpaired) electrons. The largest absolute Gasteiger partial charge is 0.398 e. The number of hydrazine groups is 1. The van der Waals surface area contributed by atoms with Gasteiger partial charge in [0.25, 0.3) is 5.91 Å². The van der Waals surface area contributed by atoms with Gasteiger partial charge < -0.3 is 5.73 Å². The van der Waals surface area contributed by atoms with Crippen molar-refractivity contribution in [3.63, 3.8) is 0 Å². The minimum Gasteiger partial charge on any atom is -0.398 e. The standard InChI is InChI=1S/C13H17N3O/c14-12-6-4-5-10-11(12)9-16(13(10)17)15-7-2-1-3-8-15/h4-6H,1-3,7-9,14H2. The average Bonchev–Trinajstić information content (AvgIpc) is 2.70. The van der Waals surface area contributed by atoms with Crippen molar-refractivity contribution in [2.75, 3.05) is 18.8 Å². The maximum atomic E-state index is 12.3. The van der Waals surface area contributed by atoms with E-state index in [-0.39, 0.29) is 5.91 Å². The molecule has 0 aliphatic carbocycles. The Morgan fingerprint density at radius 1 is 1.12 bits per heavy atom. The Morgan fingerprint density at radius 3 is 2.59 bits per heavy atom. The molecule has 2 aliphatic rings. The van der Waals surface area contributed by atoms with Crippen molar-refractivity contribution in [2.45, 2.75) is 25.8 Å². The Labute approximate surface area is 101 Å². The van der Waals surface area contributed by atoms with Crippen LogP contribution in [0.2, 0.25) is 0 Å². The summed E-state index contributed by atoms with van der Waals surface area (Å²) >= 11 is 0.